The first-order valence-electron chi connectivity index (χ1n) is 11.0. The molecule has 3 rings (SSSR count). The number of piperidine rings is 1. The van der Waals surface area contributed by atoms with Gasteiger partial charge in [-0.15, -0.1) is 0 Å². The fourth-order valence-corrected chi connectivity index (χ4v) is 4.43. The van der Waals surface area contributed by atoms with Crippen LogP contribution < -0.4 is 10.6 Å². The summed E-state index contributed by atoms with van der Waals surface area (Å²) in [6.45, 7) is 5.01. The third-order valence-electron chi connectivity index (χ3n) is 6.43. The lowest BCUT2D eigenvalue weighted by atomic mass is 9.89. The van der Waals surface area contributed by atoms with Gasteiger partial charge >= 0.3 is 0 Å². The van der Waals surface area contributed by atoms with Crippen molar-refractivity contribution >= 4 is 11.8 Å². The molecule has 0 spiro atoms. The standard InChI is InChI=1S/C23H35N3O2/c1-18(22(27)24-16-19-8-4-2-5-9-19)26-14-12-21(13-15-26)23(28)25-17-20-10-6-3-7-11-20/h3,6-7,10-11,18-19,21H,2,4-5,8-9,12-17H2,1H3,(H,24,27)(H,25,28). The molecule has 5 heteroatoms. The highest BCUT2D eigenvalue weighted by Gasteiger charge is 2.29. The molecule has 28 heavy (non-hydrogen) atoms. The van der Waals surface area contributed by atoms with E-state index in [0.29, 0.717) is 12.5 Å². The van der Waals surface area contributed by atoms with E-state index in [1.165, 1.54) is 32.1 Å². The minimum Gasteiger partial charge on any atom is -0.354 e. The van der Waals surface area contributed by atoms with Crippen LogP contribution in [0, 0.1) is 11.8 Å². The number of hydrogen-bond acceptors (Lipinski definition) is 3. The predicted molar refractivity (Wildman–Crippen MR) is 112 cm³/mol. The highest BCUT2D eigenvalue weighted by molar-refractivity contribution is 5.81. The fourth-order valence-electron chi connectivity index (χ4n) is 4.43. The maximum atomic E-state index is 12.5. The summed E-state index contributed by atoms with van der Waals surface area (Å²) in [5.41, 5.74) is 1.12. The van der Waals surface area contributed by atoms with Gasteiger partial charge in [0.05, 0.1) is 6.04 Å². The Morgan fingerprint density at radius 3 is 2.36 bits per heavy atom. The van der Waals surface area contributed by atoms with Gasteiger partial charge in [-0.2, -0.15) is 0 Å². The van der Waals surface area contributed by atoms with E-state index in [-0.39, 0.29) is 23.8 Å². The van der Waals surface area contributed by atoms with E-state index in [4.69, 9.17) is 0 Å². The summed E-state index contributed by atoms with van der Waals surface area (Å²) >= 11 is 0. The molecular formula is C23H35N3O2. The summed E-state index contributed by atoms with van der Waals surface area (Å²) in [5, 5.41) is 6.22. The lowest BCUT2D eigenvalue weighted by Gasteiger charge is -2.35. The van der Waals surface area contributed by atoms with E-state index >= 15 is 0 Å². The second-order valence-corrected chi connectivity index (χ2v) is 8.44. The number of carbonyl (C=O) groups excluding carboxylic acids is 2. The third kappa shape index (κ3) is 6.06. The molecule has 1 aromatic rings. The smallest absolute Gasteiger partial charge is 0.237 e. The number of likely N-dealkylation sites (tertiary alicyclic amines) is 1. The summed E-state index contributed by atoms with van der Waals surface area (Å²) in [5.74, 6) is 0.983. The predicted octanol–water partition coefficient (Wildman–Crippen LogP) is 3.10. The Morgan fingerprint density at radius 1 is 1.00 bits per heavy atom. The average molecular weight is 386 g/mol. The van der Waals surface area contributed by atoms with Crippen molar-refractivity contribution in [3.8, 4) is 0 Å². The molecule has 2 amide bonds. The summed E-state index contributed by atoms with van der Waals surface area (Å²) < 4.78 is 0. The summed E-state index contributed by atoms with van der Waals surface area (Å²) in [7, 11) is 0. The second kappa shape index (κ2) is 10.6. The van der Waals surface area contributed by atoms with Crippen molar-refractivity contribution in [2.24, 2.45) is 11.8 Å². The third-order valence-corrected chi connectivity index (χ3v) is 6.43. The van der Waals surface area contributed by atoms with E-state index in [2.05, 4.69) is 15.5 Å². The van der Waals surface area contributed by atoms with Gasteiger partial charge in [-0.1, -0.05) is 49.6 Å². The molecule has 2 aliphatic rings. The van der Waals surface area contributed by atoms with Crippen molar-refractivity contribution in [1.29, 1.82) is 0 Å². The molecule has 1 aromatic carbocycles. The number of nitrogens with one attached hydrogen (secondary N) is 2. The minimum atomic E-state index is -0.114. The molecule has 1 unspecified atom stereocenters. The lowest BCUT2D eigenvalue weighted by molar-refractivity contribution is -0.128. The highest BCUT2D eigenvalue weighted by Crippen LogP contribution is 2.23. The first-order chi connectivity index (χ1) is 13.6. The number of nitrogens with zero attached hydrogens (tertiary/aromatic N) is 1. The molecule has 1 aliphatic carbocycles. The van der Waals surface area contributed by atoms with Crippen LogP contribution in [0.5, 0.6) is 0 Å². The van der Waals surface area contributed by atoms with E-state index in [0.717, 1.165) is 38.0 Å². The van der Waals surface area contributed by atoms with E-state index in [9.17, 15) is 9.59 Å². The molecule has 1 aliphatic heterocycles. The topological polar surface area (TPSA) is 61.4 Å². The quantitative estimate of drug-likeness (QED) is 0.758. The molecule has 1 saturated carbocycles. The largest absolute Gasteiger partial charge is 0.354 e. The van der Waals surface area contributed by atoms with Gasteiger partial charge in [0.1, 0.15) is 0 Å². The molecule has 2 N–H and O–H groups in total. The van der Waals surface area contributed by atoms with Gasteiger partial charge < -0.3 is 10.6 Å². The molecule has 1 heterocycles. The van der Waals surface area contributed by atoms with Crippen molar-refractivity contribution in [2.75, 3.05) is 19.6 Å². The normalized spacial score (nSPS) is 20.5. The Hall–Kier alpha value is -1.88. The number of hydrogen-bond donors (Lipinski definition) is 2. The molecule has 1 atom stereocenters. The van der Waals surface area contributed by atoms with Crippen molar-refractivity contribution in [3.63, 3.8) is 0 Å². The number of rotatable bonds is 7. The van der Waals surface area contributed by atoms with Crippen molar-refractivity contribution < 1.29 is 9.59 Å². The summed E-state index contributed by atoms with van der Waals surface area (Å²) in [6, 6.07) is 9.89. The maximum Gasteiger partial charge on any atom is 0.237 e. The number of benzene rings is 1. The minimum absolute atomic E-state index is 0.0532. The van der Waals surface area contributed by atoms with Gasteiger partial charge in [-0.05, 0) is 57.2 Å². The zero-order chi connectivity index (χ0) is 19.8. The van der Waals surface area contributed by atoms with Crippen LogP contribution in [0.25, 0.3) is 0 Å². The Morgan fingerprint density at radius 2 is 1.68 bits per heavy atom. The Labute approximate surface area is 169 Å². The van der Waals surface area contributed by atoms with Gasteiger partial charge in [-0.25, -0.2) is 0 Å². The Kier molecular flexibility index (Phi) is 7.90. The van der Waals surface area contributed by atoms with Gasteiger partial charge in [0, 0.05) is 19.0 Å². The zero-order valence-electron chi connectivity index (χ0n) is 17.2. The van der Waals surface area contributed by atoms with Gasteiger partial charge in [-0.3, -0.25) is 14.5 Å². The SMILES string of the molecule is CC(C(=O)NCC1CCCCC1)N1CCC(C(=O)NCc2ccccc2)CC1. The molecule has 0 radical (unpaired) electrons. The molecule has 154 valence electrons. The van der Waals surface area contributed by atoms with Crippen LogP contribution in [-0.2, 0) is 16.1 Å². The van der Waals surface area contributed by atoms with Crippen LogP contribution >= 0.6 is 0 Å². The molecule has 2 fully saturated rings. The Bertz CT molecular complexity index is 620. The van der Waals surface area contributed by atoms with Gasteiger partial charge in [0.2, 0.25) is 11.8 Å². The summed E-state index contributed by atoms with van der Waals surface area (Å²) in [4.78, 5) is 27.2. The zero-order valence-corrected chi connectivity index (χ0v) is 17.2. The first-order valence-corrected chi connectivity index (χ1v) is 11.0. The molecule has 1 saturated heterocycles. The monoisotopic (exact) mass is 385 g/mol. The first kappa shape index (κ1) is 20.8. The van der Waals surface area contributed by atoms with Crippen LogP contribution in [0.2, 0.25) is 0 Å². The van der Waals surface area contributed by atoms with Crippen LogP contribution in [0.3, 0.4) is 0 Å². The molecule has 0 aromatic heterocycles. The van der Waals surface area contributed by atoms with Crippen molar-refractivity contribution in [3.05, 3.63) is 35.9 Å². The van der Waals surface area contributed by atoms with Crippen LogP contribution in [0.1, 0.15) is 57.4 Å². The summed E-state index contributed by atoms with van der Waals surface area (Å²) in [6.07, 6.45) is 8.08. The maximum absolute atomic E-state index is 12.5. The fraction of sp³-hybridized carbons (Fsp3) is 0.652. The van der Waals surface area contributed by atoms with E-state index in [1.807, 2.05) is 37.3 Å². The average Bonchev–Trinajstić information content (AvgIpc) is 2.77. The van der Waals surface area contributed by atoms with Crippen molar-refractivity contribution in [2.45, 2.75) is 64.5 Å². The van der Waals surface area contributed by atoms with E-state index < -0.39 is 0 Å². The van der Waals surface area contributed by atoms with E-state index in [1.54, 1.807) is 0 Å². The van der Waals surface area contributed by atoms with Gasteiger partial charge in [0.25, 0.3) is 0 Å². The van der Waals surface area contributed by atoms with Crippen LogP contribution in [0.15, 0.2) is 30.3 Å². The van der Waals surface area contributed by atoms with Gasteiger partial charge in [0.15, 0.2) is 0 Å². The van der Waals surface area contributed by atoms with Crippen molar-refractivity contribution in [1.82, 2.24) is 15.5 Å². The van der Waals surface area contributed by atoms with Crippen LogP contribution in [0.4, 0.5) is 0 Å². The Balaban J connectivity index is 1.36. The highest BCUT2D eigenvalue weighted by atomic mass is 16.2. The molecule has 0 bridgehead atoms. The number of amides is 2. The number of carbonyl (C=O) groups is 2. The molecule has 5 nitrogen and oxygen atoms in total. The van der Waals surface area contributed by atoms with Crippen LogP contribution in [-0.4, -0.2) is 42.4 Å². The molecular weight excluding hydrogens is 350 g/mol. The second-order valence-electron chi connectivity index (χ2n) is 8.44. The lowest BCUT2D eigenvalue weighted by Crippen LogP contribution is -2.50.